The van der Waals surface area contributed by atoms with Crippen molar-refractivity contribution in [1.82, 2.24) is 14.5 Å². The third-order valence-corrected chi connectivity index (χ3v) is 13.2. The van der Waals surface area contributed by atoms with Gasteiger partial charge in [0.25, 0.3) is 0 Å². The van der Waals surface area contributed by atoms with Gasteiger partial charge in [0.1, 0.15) is 11.2 Å². The number of hydrogen-bond donors (Lipinski definition) is 0. The molecule has 3 heterocycles. The Morgan fingerprint density at radius 1 is 0.390 bits per heavy atom. The minimum absolute atomic E-state index is 0.541. The summed E-state index contributed by atoms with van der Waals surface area (Å²) >= 11 is 0. The zero-order valence-corrected chi connectivity index (χ0v) is 31.6. The predicted octanol–water partition coefficient (Wildman–Crippen LogP) is 13.8. The predicted molar refractivity (Wildman–Crippen MR) is 240 cm³/mol. The minimum atomic E-state index is -0.541. The van der Waals surface area contributed by atoms with Gasteiger partial charge >= 0.3 is 0 Å². The maximum Gasteiger partial charge on any atom is 0.235 e. The van der Waals surface area contributed by atoms with Crippen LogP contribution in [0.5, 0.6) is 0 Å². The molecule has 2 aliphatic rings. The number of rotatable bonds is 3. The van der Waals surface area contributed by atoms with Gasteiger partial charge in [0.2, 0.25) is 5.95 Å². The van der Waals surface area contributed by atoms with Crippen LogP contribution in [0, 0.1) is 0 Å². The minimum Gasteiger partial charge on any atom is -0.456 e. The first-order valence-corrected chi connectivity index (χ1v) is 20.2. The highest BCUT2D eigenvalue weighted by Gasteiger charge is 2.50. The van der Waals surface area contributed by atoms with E-state index in [-0.39, 0.29) is 0 Å². The van der Waals surface area contributed by atoms with Gasteiger partial charge in [0.05, 0.1) is 27.7 Å². The fraction of sp³-hybridized carbons (Fsp3) is 0.0182. The van der Waals surface area contributed by atoms with Crippen LogP contribution in [0.15, 0.2) is 192 Å². The Labute approximate surface area is 338 Å². The SMILES string of the molecule is c1ccc(-c2nc(-n3c4cccc5c4c4c6c(cccc6c(-c6ccc7oc8ccccc8c7c6)cc43)C53c4ccccc4-c4ccccc43)nc3ccccc23)cc1. The maximum atomic E-state index is 6.34. The zero-order valence-electron chi connectivity index (χ0n) is 31.6. The van der Waals surface area contributed by atoms with E-state index in [0.29, 0.717) is 5.95 Å². The van der Waals surface area contributed by atoms with Gasteiger partial charge in [-0.3, -0.25) is 4.57 Å². The van der Waals surface area contributed by atoms with Crippen molar-refractivity contribution in [1.29, 1.82) is 0 Å². The monoisotopic (exact) mass is 749 g/mol. The topological polar surface area (TPSA) is 43.9 Å². The van der Waals surface area contributed by atoms with E-state index < -0.39 is 5.41 Å². The molecule has 0 saturated carbocycles. The molecule has 272 valence electrons. The molecule has 59 heavy (non-hydrogen) atoms. The third kappa shape index (κ3) is 3.88. The average molecular weight is 750 g/mol. The summed E-state index contributed by atoms with van der Waals surface area (Å²) in [5.74, 6) is 0.655. The number of hydrogen-bond acceptors (Lipinski definition) is 3. The summed E-state index contributed by atoms with van der Waals surface area (Å²) < 4.78 is 8.67. The molecule has 0 N–H and O–H groups in total. The molecule has 1 spiro atoms. The van der Waals surface area contributed by atoms with Gasteiger partial charge in [-0.15, -0.1) is 0 Å². The van der Waals surface area contributed by atoms with Crippen LogP contribution in [-0.2, 0) is 5.41 Å². The molecule has 0 amide bonds. The number of aromatic nitrogens is 3. The summed E-state index contributed by atoms with van der Waals surface area (Å²) in [4.78, 5) is 10.9. The molecule has 0 atom stereocenters. The van der Waals surface area contributed by atoms with Gasteiger partial charge in [-0.25, -0.2) is 9.97 Å². The van der Waals surface area contributed by atoms with Crippen molar-refractivity contribution < 1.29 is 4.42 Å². The van der Waals surface area contributed by atoms with Crippen LogP contribution in [0.1, 0.15) is 22.3 Å². The Balaban J connectivity index is 1.19. The molecule has 0 bridgehead atoms. The summed E-state index contributed by atoms with van der Waals surface area (Å²) in [6.07, 6.45) is 0. The summed E-state index contributed by atoms with van der Waals surface area (Å²) in [5.41, 5.74) is 16.4. The standard InChI is InChI=1S/C55H31N3O/c1-2-14-32(15-3-1)53-38-19-6-10-25-45(38)56-54(57-53)58-46-26-13-24-44-51(46)52-47(58)31-39(33-28-29-49-40(30-33)36-18-7-11-27-48(36)59-49)37-20-12-23-43(50(37)52)55(44)41-21-8-4-16-34(41)35-17-5-9-22-42(35)55/h1-31H. The van der Waals surface area contributed by atoms with Crippen LogP contribution >= 0.6 is 0 Å². The third-order valence-electron chi connectivity index (χ3n) is 13.2. The maximum absolute atomic E-state index is 6.34. The van der Waals surface area contributed by atoms with E-state index in [4.69, 9.17) is 14.4 Å². The van der Waals surface area contributed by atoms with Crippen molar-refractivity contribution in [3.63, 3.8) is 0 Å². The molecule has 2 aliphatic carbocycles. The van der Waals surface area contributed by atoms with Crippen molar-refractivity contribution in [2.75, 3.05) is 0 Å². The molecule has 4 heteroatoms. The highest BCUT2D eigenvalue weighted by Crippen LogP contribution is 2.62. The van der Waals surface area contributed by atoms with Gasteiger partial charge < -0.3 is 4.42 Å². The second kappa shape index (κ2) is 11.2. The van der Waals surface area contributed by atoms with Crippen molar-refractivity contribution in [3.05, 3.63) is 210 Å². The zero-order chi connectivity index (χ0) is 38.4. The Morgan fingerprint density at radius 3 is 1.86 bits per heavy atom. The van der Waals surface area contributed by atoms with Crippen molar-refractivity contribution in [2.45, 2.75) is 5.41 Å². The Morgan fingerprint density at radius 2 is 1.03 bits per heavy atom. The first-order chi connectivity index (χ1) is 29.3. The molecule has 0 radical (unpaired) electrons. The van der Waals surface area contributed by atoms with Crippen LogP contribution in [0.4, 0.5) is 0 Å². The van der Waals surface area contributed by atoms with Crippen LogP contribution < -0.4 is 0 Å². The first kappa shape index (κ1) is 31.3. The van der Waals surface area contributed by atoms with E-state index in [1.807, 2.05) is 6.07 Å². The van der Waals surface area contributed by atoms with E-state index >= 15 is 0 Å². The van der Waals surface area contributed by atoms with Crippen LogP contribution in [0.3, 0.4) is 0 Å². The molecule has 0 saturated heterocycles. The molecule has 14 rings (SSSR count). The Bertz CT molecular complexity index is 3750. The lowest BCUT2D eigenvalue weighted by Gasteiger charge is -2.38. The van der Waals surface area contributed by atoms with Crippen molar-refractivity contribution in [3.8, 4) is 39.5 Å². The quantitative estimate of drug-likeness (QED) is 0.181. The highest BCUT2D eigenvalue weighted by atomic mass is 16.3. The summed E-state index contributed by atoms with van der Waals surface area (Å²) in [7, 11) is 0. The van der Waals surface area contributed by atoms with Crippen molar-refractivity contribution >= 4 is 65.4 Å². The van der Waals surface area contributed by atoms with Gasteiger partial charge in [-0.2, -0.15) is 0 Å². The first-order valence-electron chi connectivity index (χ1n) is 20.2. The Hall–Kier alpha value is -7.82. The van der Waals surface area contributed by atoms with E-state index in [0.717, 1.165) is 66.3 Å². The van der Waals surface area contributed by atoms with E-state index in [9.17, 15) is 0 Å². The van der Waals surface area contributed by atoms with Crippen LogP contribution in [-0.4, -0.2) is 14.5 Å². The summed E-state index contributed by atoms with van der Waals surface area (Å²) in [6, 6.07) is 68.2. The molecule has 9 aromatic carbocycles. The van der Waals surface area contributed by atoms with Crippen molar-refractivity contribution in [2.24, 2.45) is 0 Å². The molecular formula is C55H31N3O. The molecule has 0 aliphatic heterocycles. The molecular weight excluding hydrogens is 719 g/mol. The van der Waals surface area contributed by atoms with Gasteiger partial charge in [0.15, 0.2) is 0 Å². The second-order valence-electron chi connectivity index (χ2n) is 16.0. The molecule has 3 aromatic heterocycles. The lowest BCUT2D eigenvalue weighted by atomic mass is 9.63. The van der Waals surface area contributed by atoms with E-state index in [2.05, 4.69) is 187 Å². The normalized spacial score (nSPS) is 13.6. The van der Waals surface area contributed by atoms with Crippen LogP contribution in [0.2, 0.25) is 0 Å². The van der Waals surface area contributed by atoms with Gasteiger partial charge in [-0.05, 0) is 91.7 Å². The van der Waals surface area contributed by atoms with Gasteiger partial charge in [0, 0.05) is 32.5 Å². The van der Waals surface area contributed by atoms with E-state index in [1.165, 1.54) is 54.9 Å². The van der Waals surface area contributed by atoms with Gasteiger partial charge in [-0.1, -0.05) is 152 Å². The molecule has 0 fully saturated rings. The number of para-hydroxylation sites is 2. The lowest BCUT2D eigenvalue weighted by molar-refractivity contribution is 0.669. The smallest absolute Gasteiger partial charge is 0.235 e. The molecule has 12 aromatic rings. The number of nitrogens with zero attached hydrogens (tertiary/aromatic N) is 3. The Kier molecular flexibility index (Phi) is 5.93. The second-order valence-corrected chi connectivity index (χ2v) is 16.0. The van der Waals surface area contributed by atoms with E-state index in [1.54, 1.807) is 0 Å². The fourth-order valence-electron chi connectivity index (χ4n) is 10.9. The molecule has 4 nitrogen and oxygen atoms in total. The number of fused-ring (bicyclic) bond motifs is 11. The number of furan rings is 1. The lowest BCUT2D eigenvalue weighted by Crippen LogP contribution is -2.30. The fourth-order valence-corrected chi connectivity index (χ4v) is 10.9. The highest BCUT2D eigenvalue weighted by molar-refractivity contribution is 6.29. The largest absolute Gasteiger partial charge is 0.456 e. The molecule has 0 unspecified atom stereocenters. The number of benzene rings is 9. The van der Waals surface area contributed by atoms with Crippen LogP contribution in [0.25, 0.3) is 105 Å². The average Bonchev–Trinajstić information content (AvgIpc) is 3.94. The summed E-state index contributed by atoms with van der Waals surface area (Å²) in [5, 5.41) is 8.24. The summed E-state index contributed by atoms with van der Waals surface area (Å²) in [6.45, 7) is 0.